The maximum Gasteiger partial charge on any atom is 0.322 e. The van der Waals surface area contributed by atoms with Crippen molar-refractivity contribution in [1.82, 2.24) is 10.2 Å². The molecule has 2 bridgehead atoms. The smallest absolute Gasteiger partial charge is 0.322 e. The highest BCUT2D eigenvalue weighted by Gasteiger charge is 2.41. The normalized spacial score (nSPS) is 25.5. The Morgan fingerprint density at radius 1 is 1.08 bits per heavy atom. The Labute approximate surface area is 160 Å². The van der Waals surface area contributed by atoms with Gasteiger partial charge in [0, 0.05) is 34.3 Å². The first-order chi connectivity index (χ1) is 12.2. The van der Waals surface area contributed by atoms with Crippen LogP contribution in [0.4, 0.5) is 10.5 Å². The van der Waals surface area contributed by atoms with Gasteiger partial charge < -0.3 is 15.5 Å². The molecule has 3 rings (SSSR count). The standard InChI is InChI=1S/C20H28ClN3O2/c1-20(2,3)18(25)22-15-11-16-5-4-6-17(12-15)24(16)19(26)23-14-9-7-13(21)8-10-14/h7-10,15-17H,4-6,11-12H2,1-3H3,(H,22,25)(H,23,26)/t16-,17-/m0/s1. The van der Waals surface area contributed by atoms with Crippen LogP contribution in [0, 0.1) is 5.41 Å². The first-order valence-electron chi connectivity index (χ1n) is 9.40. The summed E-state index contributed by atoms with van der Waals surface area (Å²) in [6, 6.07) is 7.62. The molecule has 2 aliphatic heterocycles. The largest absolute Gasteiger partial charge is 0.353 e. The predicted octanol–water partition coefficient (Wildman–Crippen LogP) is 4.42. The molecule has 0 spiro atoms. The van der Waals surface area contributed by atoms with Gasteiger partial charge in [-0.1, -0.05) is 32.4 Å². The highest BCUT2D eigenvalue weighted by atomic mass is 35.5. The average Bonchev–Trinajstić information content (AvgIpc) is 2.55. The number of hydrogen-bond donors (Lipinski definition) is 2. The molecule has 5 nitrogen and oxygen atoms in total. The molecule has 0 radical (unpaired) electrons. The number of nitrogens with one attached hydrogen (secondary N) is 2. The quantitative estimate of drug-likeness (QED) is 0.801. The van der Waals surface area contributed by atoms with Crippen LogP contribution in [-0.4, -0.2) is 35.0 Å². The van der Waals surface area contributed by atoms with Crippen molar-refractivity contribution < 1.29 is 9.59 Å². The van der Waals surface area contributed by atoms with Crippen molar-refractivity contribution in [2.45, 2.75) is 71.0 Å². The number of urea groups is 1. The van der Waals surface area contributed by atoms with Crippen LogP contribution >= 0.6 is 11.6 Å². The fraction of sp³-hybridized carbons (Fsp3) is 0.600. The van der Waals surface area contributed by atoms with Gasteiger partial charge in [0.1, 0.15) is 0 Å². The van der Waals surface area contributed by atoms with Gasteiger partial charge in [-0.2, -0.15) is 0 Å². The molecule has 2 saturated heterocycles. The Bertz CT molecular complexity index is 655. The number of halogens is 1. The minimum Gasteiger partial charge on any atom is -0.353 e. The molecule has 142 valence electrons. The van der Waals surface area contributed by atoms with E-state index in [2.05, 4.69) is 10.6 Å². The number of hydrogen-bond acceptors (Lipinski definition) is 2. The molecule has 0 aliphatic carbocycles. The SMILES string of the molecule is CC(C)(C)C(=O)NC1C[C@@H]2CCC[C@@H](C1)N2C(=O)Nc1ccc(Cl)cc1. The number of fused-ring (bicyclic) bond motifs is 2. The van der Waals surface area contributed by atoms with Crippen LogP contribution in [0.3, 0.4) is 0 Å². The third-order valence-corrected chi connectivity index (χ3v) is 5.57. The summed E-state index contributed by atoms with van der Waals surface area (Å²) in [6.07, 6.45) is 4.78. The molecule has 0 saturated carbocycles. The highest BCUT2D eigenvalue weighted by Crippen LogP contribution is 2.35. The lowest BCUT2D eigenvalue weighted by molar-refractivity contribution is -0.129. The van der Waals surface area contributed by atoms with Gasteiger partial charge >= 0.3 is 6.03 Å². The lowest BCUT2D eigenvalue weighted by Crippen LogP contribution is -2.60. The van der Waals surface area contributed by atoms with Crippen molar-refractivity contribution in [3.05, 3.63) is 29.3 Å². The molecule has 1 aromatic carbocycles. The predicted molar refractivity (Wildman–Crippen MR) is 104 cm³/mol. The molecular formula is C20H28ClN3O2. The molecule has 6 heteroatoms. The number of piperidine rings is 2. The van der Waals surface area contributed by atoms with Crippen LogP contribution in [0.5, 0.6) is 0 Å². The third-order valence-electron chi connectivity index (χ3n) is 5.32. The van der Waals surface area contributed by atoms with E-state index in [1.165, 1.54) is 0 Å². The molecule has 0 aromatic heterocycles. The van der Waals surface area contributed by atoms with E-state index in [1.807, 2.05) is 37.8 Å². The Morgan fingerprint density at radius 2 is 1.65 bits per heavy atom. The van der Waals surface area contributed by atoms with Crippen LogP contribution < -0.4 is 10.6 Å². The molecule has 26 heavy (non-hydrogen) atoms. The lowest BCUT2D eigenvalue weighted by atomic mass is 9.81. The Kier molecular flexibility index (Phi) is 5.47. The molecule has 2 aliphatic rings. The van der Waals surface area contributed by atoms with E-state index < -0.39 is 5.41 Å². The van der Waals surface area contributed by atoms with Crippen LogP contribution in [-0.2, 0) is 4.79 Å². The number of carbonyl (C=O) groups is 2. The first kappa shape index (κ1) is 19.0. The van der Waals surface area contributed by atoms with Gasteiger partial charge in [0.2, 0.25) is 5.91 Å². The van der Waals surface area contributed by atoms with Crippen molar-refractivity contribution in [2.75, 3.05) is 5.32 Å². The summed E-state index contributed by atoms with van der Waals surface area (Å²) < 4.78 is 0. The third kappa shape index (κ3) is 4.32. The summed E-state index contributed by atoms with van der Waals surface area (Å²) in [5.41, 5.74) is 0.360. The van der Waals surface area contributed by atoms with Gasteiger partial charge in [-0.15, -0.1) is 0 Å². The first-order valence-corrected chi connectivity index (χ1v) is 9.77. The molecule has 2 heterocycles. The van der Waals surface area contributed by atoms with Gasteiger partial charge in [0.25, 0.3) is 0 Å². The second kappa shape index (κ2) is 7.47. The zero-order valence-electron chi connectivity index (χ0n) is 15.7. The topological polar surface area (TPSA) is 61.4 Å². The van der Waals surface area contributed by atoms with Crippen LogP contribution in [0.2, 0.25) is 5.02 Å². The van der Waals surface area contributed by atoms with E-state index in [4.69, 9.17) is 11.6 Å². The Morgan fingerprint density at radius 3 is 2.19 bits per heavy atom. The molecular weight excluding hydrogens is 350 g/mol. The molecule has 0 unspecified atom stereocenters. The summed E-state index contributed by atoms with van der Waals surface area (Å²) in [5, 5.41) is 6.83. The van der Waals surface area contributed by atoms with Gasteiger partial charge in [-0.25, -0.2) is 4.79 Å². The zero-order valence-corrected chi connectivity index (χ0v) is 16.5. The summed E-state index contributed by atoms with van der Waals surface area (Å²) >= 11 is 5.91. The number of carbonyl (C=O) groups excluding carboxylic acids is 2. The Balaban J connectivity index is 1.65. The monoisotopic (exact) mass is 377 g/mol. The second-order valence-electron chi connectivity index (χ2n) is 8.47. The van der Waals surface area contributed by atoms with Gasteiger partial charge in [-0.05, 0) is 56.4 Å². The van der Waals surface area contributed by atoms with Crippen molar-refractivity contribution in [3.8, 4) is 0 Å². The molecule has 2 atom stereocenters. The number of anilines is 1. The Hall–Kier alpha value is -1.75. The summed E-state index contributed by atoms with van der Waals surface area (Å²) in [5.74, 6) is 0.0830. The summed E-state index contributed by atoms with van der Waals surface area (Å²) in [7, 11) is 0. The molecule has 2 N–H and O–H groups in total. The maximum absolute atomic E-state index is 12.8. The molecule has 3 amide bonds. The minimum atomic E-state index is -0.391. The summed E-state index contributed by atoms with van der Waals surface area (Å²) in [6.45, 7) is 5.79. The van der Waals surface area contributed by atoms with E-state index in [1.54, 1.807) is 12.1 Å². The van der Waals surface area contributed by atoms with E-state index in [-0.39, 0.29) is 30.1 Å². The fourth-order valence-corrected chi connectivity index (χ4v) is 4.08. The van der Waals surface area contributed by atoms with E-state index in [9.17, 15) is 9.59 Å². The molecule has 1 aromatic rings. The highest BCUT2D eigenvalue weighted by molar-refractivity contribution is 6.30. The average molecular weight is 378 g/mol. The van der Waals surface area contributed by atoms with Crippen LogP contribution in [0.25, 0.3) is 0 Å². The van der Waals surface area contributed by atoms with Gasteiger partial charge in [0.05, 0.1) is 0 Å². The van der Waals surface area contributed by atoms with Gasteiger partial charge in [-0.3, -0.25) is 4.79 Å². The summed E-state index contributed by atoms with van der Waals surface area (Å²) in [4.78, 5) is 27.2. The fourth-order valence-electron chi connectivity index (χ4n) is 3.95. The maximum atomic E-state index is 12.8. The number of nitrogens with zero attached hydrogens (tertiary/aromatic N) is 1. The van der Waals surface area contributed by atoms with Crippen molar-refractivity contribution in [2.24, 2.45) is 5.41 Å². The van der Waals surface area contributed by atoms with Crippen molar-refractivity contribution >= 4 is 29.2 Å². The number of amides is 3. The van der Waals surface area contributed by atoms with E-state index in [0.29, 0.717) is 5.02 Å². The number of benzene rings is 1. The molecule has 2 fully saturated rings. The zero-order chi connectivity index (χ0) is 18.9. The minimum absolute atomic E-state index is 0.0531. The number of rotatable bonds is 2. The lowest BCUT2D eigenvalue weighted by Gasteiger charge is -2.49. The van der Waals surface area contributed by atoms with Crippen LogP contribution in [0.1, 0.15) is 52.9 Å². The van der Waals surface area contributed by atoms with E-state index in [0.717, 1.165) is 37.8 Å². The van der Waals surface area contributed by atoms with Crippen LogP contribution in [0.15, 0.2) is 24.3 Å². The van der Waals surface area contributed by atoms with Crippen molar-refractivity contribution in [3.63, 3.8) is 0 Å². The van der Waals surface area contributed by atoms with Gasteiger partial charge in [0.15, 0.2) is 0 Å². The van der Waals surface area contributed by atoms with E-state index >= 15 is 0 Å². The second-order valence-corrected chi connectivity index (χ2v) is 8.91. The van der Waals surface area contributed by atoms with Crippen molar-refractivity contribution in [1.29, 1.82) is 0 Å².